The number of nitrogens with one attached hydrogen (secondary N) is 1. The molecule has 0 heterocycles. The summed E-state index contributed by atoms with van der Waals surface area (Å²) in [5.74, 6) is -2.61. The predicted molar refractivity (Wildman–Crippen MR) is 58.4 cm³/mol. The molecule has 17 heavy (non-hydrogen) atoms. The quantitative estimate of drug-likeness (QED) is 0.634. The van der Waals surface area contributed by atoms with Crippen molar-refractivity contribution in [3.63, 3.8) is 0 Å². The Morgan fingerprint density at radius 1 is 1.18 bits per heavy atom. The summed E-state index contributed by atoms with van der Waals surface area (Å²) in [5.41, 5.74) is 0. The van der Waals surface area contributed by atoms with Crippen molar-refractivity contribution in [3.8, 4) is 0 Å². The fraction of sp³-hybridized carbons (Fsp3) is 0.727. The van der Waals surface area contributed by atoms with Crippen molar-refractivity contribution in [1.29, 1.82) is 0 Å². The zero-order chi connectivity index (χ0) is 12.8. The summed E-state index contributed by atoms with van der Waals surface area (Å²) in [6.45, 7) is 0. The maximum absolute atomic E-state index is 11.5. The second-order valence-corrected chi connectivity index (χ2v) is 4.41. The molecule has 1 saturated carbocycles. The summed E-state index contributed by atoms with van der Waals surface area (Å²) in [6, 6.07) is -1.33. The topological polar surface area (TPSA) is 104 Å². The van der Waals surface area contributed by atoms with Gasteiger partial charge in [0.25, 0.3) is 0 Å². The van der Waals surface area contributed by atoms with Crippen LogP contribution in [0.5, 0.6) is 0 Å². The van der Waals surface area contributed by atoms with E-state index in [4.69, 9.17) is 10.2 Å². The molecule has 1 atom stereocenters. The molecule has 1 amide bonds. The van der Waals surface area contributed by atoms with Gasteiger partial charge in [-0.25, -0.2) is 4.79 Å². The van der Waals surface area contributed by atoms with E-state index in [1.807, 2.05) is 0 Å². The molecule has 3 N–H and O–H groups in total. The molecule has 0 aromatic rings. The predicted octanol–water partition coefficient (Wildman–Crippen LogP) is 0.611. The minimum Gasteiger partial charge on any atom is -0.481 e. The second kappa shape index (κ2) is 6.22. The standard InChI is InChI=1S/C11H17NO5/c13-9(5-7-3-1-2-4-7)12-8(11(16)17)6-10(14)15/h7-8H,1-6H2,(H,12,13)(H,14,15)(H,16,17)/t8-/m0/s1. The van der Waals surface area contributed by atoms with Crippen molar-refractivity contribution in [2.45, 2.75) is 44.6 Å². The molecular weight excluding hydrogens is 226 g/mol. The van der Waals surface area contributed by atoms with E-state index in [2.05, 4.69) is 5.32 Å². The first-order chi connectivity index (χ1) is 7.99. The van der Waals surface area contributed by atoms with Gasteiger partial charge in [0.1, 0.15) is 6.04 Å². The Kier molecular flexibility index (Phi) is 4.93. The number of carboxylic acids is 2. The third kappa shape index (κ3) is 4.84. The van der Waals surface area contributed by atoms with Gasteiger partial charge in [-0.1, -0.05) is 12.8 Å². The largest absolute Gasteiger partial charge is 0.481 e. The lowest BCUT2D eigenvalue weighted by atomic mass is 10.0. The van der Waals surface area contributed by atoms with Crippen LogP contribution in [0.1, 0.15) is 38.5 Å². The maximum Gasteiger partial charge on any atom is 0.326 e. The van der Waals surface area contributed by atoms with E-state index >= 15 is 0 Å². The van der Waals surface area contributed by atoms with Crippen LogP contribution in [0.3, 0.4) is 0 Å². The molecule has 6 nitrogen and oxygen atoms in total. The Bertz CT molecular complexity index is 309. The van der Waals surface area contributed by atoms with Crippen LogP contribution in [0.15, 0.2) is 0 Å². The van der Waals surface area contributed by atoms with Crippen molar-refractivity contribution in [2.75, 3.05) is 0 Å². The first-order valence-electron chi connectivity index (χ1n) is 5.73. The van der Waals surface area contributed by atoms with Crippen LogP contribution in [-0.4, -0.2) is 34.1 Å². The summed E-state index contributed by atoms with van der Waals surface area (Å²) in [7, 11) is 0. The smallest absolute Gasteiger partial charge is 0.326 e. The number of carboxylic acid groups (broad SMARTS) is 2. The number of rotatable bonds is 6. The summed E-state index contributed by atoms with van der Waals surface area (Å²) < 4.78 is 0. The molecule has 96 valence electrons. The Morgan fingerprint density at radius 2 is 1.76 bits per heavy atom. The van der Waals surface area contributed by atoms with Crippen molar-refractivity contribution in [1.82, 2.24) is 5.32 Å². The highest BCUT2D eigenvalue weighted by Crippen LogP contribution is 2.27. The Hall–Kier alpha value is -1.59. The monoisotopic (exact) mass is 243 g/mol. The van der Waals surface area contributed by atoms with Gasteiger partial charge >= 0.3 is 11.9 Å². The van der Waals surface area contributed by atoms with Crippen molar-refractivity contribution >= 4 is 17.8 Å². The number of carbonyl (C=O) groups is 3. The summed E-state index contributed by atoms with van der Waals surface area (Å²) >= 11 is 0. The number of hydrogen-bond donors (Lipinski definition) is 3. The zero-order valence-electron chi connectivity index (χ0n) is 9.52. The van der Waals surface area contributed by atoms with Gasteiger partial charge in [0.2, 0.25) is 5.91 Å². The van der Waals surface area contributed by atoms with Gasteiger partial charge in [-0.05, 0) is 18.8 Å². The summed E-state index contributed by atoms with van der Waals surface area (Å²) in [5, 5.41) is 19.5. The molecule has 0 aromatic heterocycles. The fourth-order valence-electron chi connectivity index (χ4n) is 2.10. The van der Waals surface area contributed by atoms with E-state index in [9.17, 15) is 14.4 Å². The lowest BCUT2D eigenvalue weighted by Gasteiger charge is -2.14. The van der Waals surface area contributed by atoms with Gasteiger partial charge in [-0.15, -0.1) is 0 Å². The number of amides is 1. The van der Waals surface area contributed by atoms with Crippen molar-refractivity contribution < 1.29 is 24.6 Å². The highest BCUT2D eigenvalue weighted by atomic mass is 16.4. The van der Waals surface area contributed by atoms with E-state index in [-0.39, 0.29) is 5.91 Å². The van der Waals surface area contributed by atoms with E-state index in [1.54, 1.807) is 0 Å². The average Bonchev–Trinajstić information content (AvgIpc) is 2.68. The zero-order valence-corrected chi connectivity index (χ0v) is 9.52. The van der Waals surface area contributed by atoms with Crippen LogP contribution in [0.4, 0.5) is 0 Å². The molecule has 0 aliphatic heterocycles. The van der Waals surface area contributed by atoms with Gasteiger partial charge < -0.3 is 15.5 Å². The molecule has 1 aliphatic rings. The molecule has 0 radical (unpaired) electrons. The summed E-state index contributed by atoms with van der Waals surface area (Å²) in [4.78, 5) is 32.7. The molecule has 1 aliphatic carbocycles. The van der Waals surface area contributed by atoms with Crippen LogP contribution in [0.25, 0.3) is 0 Å². The van der Waals surface area contributed by atoms with Crippen LogP contribution in [0.2, 0.25) is 0 Å². The minimum atomic E-state index is -1.33. The first kappa shape index (κ1) is 13.5. The molecule has 0 spiro atoms. The van der Waals surface area contributed by atoms with Crippen molar-refractivity contribution in [2.24, 2.45) is 5.92 Å². The van der Waals surface area contributed by atoms with Crippen LogP contribution < -0.4 is 5.32 Å². The number of hydrogen-bond acceptors (Lipinski definition) is 3. The number of carbonyl (C=O) groups excluding carboxylic acids is 1. The molecule has 0 saturated heterocycles. The molecule has 1 rings (SSSR count). The van der Waals surface area contributed by atoms with E-state index < -0.39 is 24.4 Å². The molecular formula is C11H17NO5. The molecule has 0 unspecified atom stereocenters. The normalized spacial score (nSPS) is 17.6. The van der Waals surface area contributed by atoms with Crippen LogP contribution >= 0.6 is 0 Å². The maximum atomic E-state index is 11.5. The van der Waals surface area contributed by atoms with Gasteiger partial charge in [0.05, 0.1) is 6.42 Å². The van der Waals surface area contributed by atoms with Gasteiger partial charge in [0.15, 0.2) is 0 Å². The third-order valence-electron chi connectivity index (χ3n) is 2.96. The highest BCUT2D eigenvalue weighted by Gasteiger charge is 2.25. The highest BCUT2D eigenvalue weighted by molar-refractivity contribution is 5.86. The SMILES string of the molecule is O=C(O)C[C@H](NC(=O)CC1CCCC1)C(=O)O. The Labute approximate surface area is 99.0 Å². The Morgan fingerprint density at radius 3 is 2.24 bits per heavy atom. The second-order valence-electron chi connectivity index (χ2n) is 4.41. The lowest BCUT2D eigenvalue weighted by molar-refractivity contribution is -0.147. The van der Waals surface area contributed by atoms with Crippen LogP contribution in [0, 0.1) is 5.92 Å². The average molecular weight is 243 g/mol. The Balaban J connectivity index is 2.40. The van der Waals surface area contributed by atoms with Crippen molar-refractivity contribution in [3.05, 3.63) is 0 Å². The minimum absolute atomic E-state index is 0.295. The molecule has 1 fully saturated rings. The van der Waals surface area contributed by atoms with Gasteiger partial charge in [0, 0.05) is 6.42 Å². The molecule has 0 bridgehead atoms. The van der Waals surface area contributed by atoms with Crippen LogP contribution in [-0.2, 0) is 14.4 Å². The van der Waals surface area contributed by atoms with Gasteiger partial charge in [-0.3, -0.25) is 9.59 Å². The number of aliphatic carboxylic acids is 2. The van der Waals surface area contributed by atoms with Gasteiger partial charge in [-0.2, -0.15) is 0 Å². The lowest BCUT2D eigenvalue weighted by Crippen LogP contribution is -2.42. The molecule has 0 aromatic carbocycles. The van der Waals surface area contributed by atoms with E-state index in [1.165, 1.54) is 0 Å². The fourth-order valence-corrected chi connectivity index (χ4v) is 2.10. The molecule has 6 heteroatoms. The third-order valence-corrected chi connectivity index (χ3v) is 2.96. The summed E-state index contributed by atoms with van der Waals surface area (Å²) in [6.07, 6.45) is 3.90. The first-order valence-corrected chi connectivity index (χ1v) is 5.73. The van der Waals surface area contributed by atoms with E-state index in [0.29, 0.717) is 12.3 Å². The van der Waals surface area contributed by atoms with E-state index in [0.717, 1.165) is 25.7 Å².